The number of halogens is 1. The zero-order chi connectivity index (χ0) is 13.0. The van der Waals surface area contributed by atoms with Crippen molar-refractivity contribution >= 4 is 21.9 Å². The molecule has 0 heterocycles. The van der Waals surface area contributed by atoms with Crippen molar-refractivity contribution in [2.45, 2.75) is 12.5 Å². The van der Waals surface area contributed by atoms with Crippen LogP contribution in [0.2, 0.25) is 0 Å². The van der Waals surface area contributed by atoms with E-state index in [0.717, 1.165) is 0 Å². The molecule has 0 spiro atoms. The second-order valence-corrected chi connectivity index (χ2v) is 4.25. The van der Waals surface area contributed by atoms with Crippen LogP contribution in [-0.2, 0) is 9.53 Å². The third-order valence-electron chi connectivity index (χ3n) is 2.24. The van der Waals surface area contributed by atoms with E-state index in [2.05, 4.69) is 20.7 Å². The van der Waals surface area contributed by atoms with Gasteiger partial charge in [0.1, 0.15) is 5.75 Å². The second kappa shape index (κ2) is 5.66. The number of benzene rings is 1. The SMILES string of the molecule is COC(=O)C[C@H](N)c1cc(C#N)cc(Br)c1O. The largest absolute Gasteiger partial charge is 0.506 e. The van der Waals surface area contributed by atoms with E-state index in [1.165, 1.54) is 19.2 Å². The monoisotopic (exact) mass is 298 g/mol. The fourth-order valence-electron chi connectivity index (χ4n) is 1.34. The standard InChI is InChI=1S/C11H11BrN2O3/c1-17-10(15)4-9(14)7-2-6(5-13)3-8(12)11(7)16/h2-3,9,16H,4,14H2,1H3/t9-/m0/s1. The molecular weight excluding hydrogens is 288 g/mol. The Morgan fingerprint density at radius 2 is 2.35 bits per heavy atom. The highest BCUT2D eigenvalue weighted by Crippen LogP contribution is 2.33. The number of carbonyl (C=O) groups excluding carboxylic acids is 1. The summed E-state index contributed by atoms with van der Waals surface area (Å²) in [5, 5.41) is 18.6. The summed E-state index contributed by atoms with van der Waals surface area (Å²) in [5.41, 5.74) is 6.46. The minimum absolute atomic E-state index is 0.0641. The van der Waals surface area contributed by atoms with E-state index in [1.54, 1.807) is 0 Å². The maximum atomic E-state index is 11.1. The molecule has 0 aliphatic heterocycles. The van der Waals surface area contributed by atoms with Gasteiger partial charge in [-0.1, -0.05) is 0 Å². The van der Waals surface area contributed by atoms with Gasteiger partial charge in [-0.05, 0) is 28.1 Å². The van der Waals surface area contributed by atoms with Crippen molar-refractivity contribution < 1.29 is 14.6 Å². The van der Waals surface area contributed by atoms with Gasteiger partial charge in [0, 0.05) is 11.6 Å². The summed E-state index contributed by atoms with van der Waals surface area (Å²) in [7, 11) is 1.26. The summed E-state index contributed by atoms with van der Waals surface area (Å²) in [6, 6.07) is 4.16. The summed E-state index contributed by atoms with van der Waals surface area (Å²) in [6.45, 7) is 0. The number of hydrogen-bond donors (Lipinski definition) is 2. The van der Waals surface area contributed by atoms with Gasteiger partial charge in [0.25, 0.3) is 0 Å². The van der Waals surface area contributed by atoms with Gasteiger partial charge >= 0.3 is 5.97 Å². The van der Waals surface area contributed by atoms with Gasteiger partial charge in [0.2, 0.25) is 0 Å². The molecule has 0 radical (unpaired) electrons. The molecule has 1 rings (SSSR count). The van der Waals surface area contributed by atoms with Crippen LogP contribution in [0.25, 0.3) is 0 Å². The molecule has 90 valence electrons. The molecule has 0 saturated heterocycles. The van der Waals surface area contributed by atoms with Gasteiger partial charge in [0.05, 0.1) is 29.6 Å². The van der Waals surface area contributed by atoms with E-state index in [9.17, 15) is 9.90 Å². The molecule has 0 bridgehead atoms. The van der Waals surface area contributed by atoms with Crippen LogP contribution in [0.15, 0.2) is 16.6 Å². The first-order valence-electron chi connectivity index (χ1n) is 4.74. The maximum absolute atomic E-state index is 11.1. The molecule has 0 aliphatic rings. The number of nitrogens with two attached hydrogens (primary N) is 1. The maximum Gasteiger partial charge on any atom is 0.307 e. The Hall–Kier alpha value is -1.58. The number of aromatic hydroxyl groups is 1. The summed E-state index contributed by atoms with van der Waals surface area (Å²) < 4.78 is 4.86. The van der Waals surface area contributed by atoms with Crippen molar-refractivity contribution in [3.63, 3.8) is 0 Å². The third kappa shape index (κ3) is 3.19. The molecule has 17 heavy (non-hydrogen) atoms. The molecule has 0 aromatic heterocycles. The van der Waals surface area contributed by atoms with Crippen LogP contribution in [0.1, 0.15) is 23.6 Å². The molecule has 0 fully saturated rings. The van der Waals surface area contributed by atoms with Gasteiger partial charge in [0.15, 0.2) is 0 Å². The smallest absolute Gasteiger partial charge is 0.307 e. The Bertz CT molecular complexity index is 482. The lowest BCUT2D eigenvalue weighted by Crippen LogP contribution is -2.16. The minimum atomic E-state index is -0.716. The van der Waals surface area contributed by atoms with Gasteiger partial charge in [-0.25, -0.2) is 0 Å². The Labute approximate surface area is 107 Å². The van der Waals surface area contributed by atoms with Gasteiger partial charge in [-0.2, -0.15) is 5.26 Å². The van der Waals surface area contributed by atoms with Crippen molar-refractivity contribution in [3.8, 4) is 11.8 Å². The van der Waals surface area contributed by atoms with Crippen molar-refractivity contribution in [2.75, 3.05) is 7.11 Å². The predicted octanol–water partition coefficient (Wildman–Crippen LogP) is 1.59. The van der Waals surface area contributed by atoms with Crippen LogP contribution < -0.4 is 5.73 Å². The summed E-state index contributed by atoms with van der Waals surface area (Å²) >= 11 is 3.12. The molecule has 0 aliphatic carbocycles. The molecule has 1 aromatic carbocycles. The van der Waals surface area contributed by atoms with Crippen LogP contribution in [0.5, 0.6) is 5.75 Å². The molecule has 3 N–H and O–H groups in total. The Kier molecular flexibility index (Phi) is 4.49. The minimum Gasteiger partial charge on any atom is -0.506 e. The zero-order valence-electron chi connectivity index (χ0n) is 9.11. The number of phenols is 1. The first-order chi connectivity index (χ1) is 7.99. The number of nitrogens with zero attached hydrogens (tertiary/aromatic N) is 1. The van der Waals surface area contributed by atoms with Crippen LogP contribution >= 0.6 is 15.9 Å². The van der Waals surface area contributed by atoms with Crippen molar-refractivity contribution in [1.29, 1.82) is 5.26 Å². The number of hydrogen-bond acceptors (Lipinski definition) is 5. The number of ether oxygens (including phenoxy) is 1. The van der Waals surface area contributed by atoms with Crippen molar-refractivity contribution in [1.82, 2.24) is 0 Å². The van der Waals surface area contributed by atoms with E-state index in [0.29, 0.717) is 15.6 Å². The van der Waals surface area contributed by atoms with Crippen molar-refractivity contribution in [3.05, 3.63) is 27.7 Å². The lowest BCUT2D eigenvalue weighted by Gasteiger charge is -2.13. The summed E-state index contributed by atoms with van der Waals surface area (Å²) in [6.07, 6.45) is -0.0641. The van der Waals surface area contributed by atoms with Crippen LogP contribution in [-0.4, -0.2) is 18.2 Å². The Morgan fingerprint density at radius 1 is 1.71 bits per heavy atom. The first-order valence-corrected chi connectivity index (χ1v) is 5.53. The third-order valence-corrected chi connectivity index (χ3v) is 2.84. The number of methoxy groups -OCH3 is 1. The van der Waals surface area contributed by atoms with E-state index in [-0.39, 0.29) is 12.2 Å². The van der Waals surface area contributed by atoms with E-state index in [1.807, 2.05) is 6.07 Å². The first kappa shape index (κ1) is 13.5. The number of carbonyl (C=O) groups is 1. The lowest BCUT2D eigenvalue weighted by molar-refractivity contribution is -0.141. The highest BCUT2D eigenvalue weighted by molar-refractivity contribution is 9.10. The Balaban J connectivity index is 3.08. The van der Waals surface area contributed by atoms with Crippen LogP contribution in [0.4, 0.5) is 0 Å². The number of phenolic OH excluding ortho intramolecular Hbond substituents is 1. The predicted molar refractivity (Wildman–Crippen MR) is 64.1 cm³/mol. The normalized spacial score (nSPS) is 11.6. The summed E-state index contributed by atoms with van der Waals surface area (Å²) in [5.74, 6) is -0.546. The second-order valence-electron chi connectivity index (χ2n) is 3.39. The van der Waals surface area contributed by atoms with Gasteiger partial charge < -0.3 is 15.6 Å². The highest BCUT2D eigenvalue weighted by Gasteiger charge is 2.18. The highest BCUT2D eigenvalue weighted by atomic mass is 79.9. The van der Waals surface area contributed by atoms with E-state index < -0.39 is 12.0 Å². The zero-order valence-corrected chi connectivity index (χ0v) is 10.7. The molecule has 0 unspecified atom stereocenters. The molecule has 1 aromatic rings. The molecule has 1 atom stereocenters. The number of nitriles is 1. The molecule has 6 heteroatoms. The quantitative estimate of drug-likeness (QED) is 0.826. The number of esters is 1. The Morgan fingerprint density at radius 3 is 2.88 bits per heavy atom. The van der Waals surface area contributed by atoms with E-state index in [4.69, 9.17) is 11.0 Å². The fraction of sp³-hybridized carbons (Fsp3) is 0.273. The lowest BCUT2D eigenvalue weighted by atomic mass is 10.0. The van der Waals surface area contributed by atoms with E-state index >= 15 is 0 Å². The topological polar surface area (TPSA) is 96.3 Å². The number of rotatable bonds is 3. The summed E-state index contributed by atoms with van der Waals surface area (Å²) in [4.78, 5) is 11.1. The average Bonchev–Trinajstić information content (AvgIpc) is 2.31. The fourth-order valence-corrected chi connectivity index (χ4v) is 1.82. The van der Waals surface area contributed by atoms with Gasteiger partial charge in [-0.15, -0.1) is 0 Å². The van der Waals surface area contributed by atoms with Crippen molar-refractivity contribution in [2.24, 2.45) is 5.73 Å². The van der Waals surface area contributed by atoms with Crippen LogP contribution in [0.3, 0.4) is 0 Å². The molecule has 0 amide bonds. The van der Waals surface area contributed by atoms with Crippen LogP contribution in [0, 0.1) is 11.3 Å². The molecular formula is C11H11BrN2O3. The molecule has 5 nitrogen and oxygen atoms in total. The average molecular weight is 299 g/mol. The van der Waals surface area contributed by atoms with Gasteiger partial charge in [-0.3, -0.25) is 4.79 Å². The molecule has 0 saturated carbocycles.